The molecule has 0 atom stereocenters. The van der Waals surface area contributed by atoms with Crippen LogP contribution in [0.2, 0.25) is 0 Å². The van der Waals surface area contributed by atoms with Gasteiger partial charge in [0, 0.05) is 22.4 Å². The summed E-state index contributed by atoms with van der Waals surface area (Å²) in [7, 11) is 0. The van der Waals surface area contributed by atoms with Crippen molar-refractivity contribution in [3.63, 3.8) is 0 Å². The van der Waals surface area contributed by atoms with Gasteiger partial charge in [-0.1, -0.05) is 48.5 Å². The molecule has 2 N–H and O–H groups in total. The molecule has 1 amide bonds. The van der Waals surface area contributed by atoms with Gasteiger partial charge in [-0.15, -0.1) is 0 Å². The second-order valence-electron chi connectivity index (χ2n) is 8.69. The highest BCUT2D eigenvalue weighted by Gasteiger charge is 2.52. The number of carbonyl (C=O) groups excluding carboxylic acids is 3. The highest BCUT2D eigenvalue weighted by atomic mass is 16.6. The van der Waals surface area contributed by atoms with E-state index in [-0.39, 0.29) is 24.6 Å². The van der Waals surface area contributed by atoms with Gasteiger partial charge in [0.25, 0.3) is 5.91 Å². The van der Waals surface area contributed by atoms with Crippen molar-refractivity contribution >= 4 is 23.3 Å². The van der Waals surface area contributed by atoms with E-state index >= 15 is 0 Å². The molecule has 0 unspecified atom stereocenters. The van der Waals surface area contributed by atoms with E-state index in [0.29, 0.717) is 35.2 Å². The van der Waals surface area contributed by atoms with E-state index in [1.807, 2.05) is 30.3 Å². The molecule has 6 heteroatoms. The summed E-state index contributed by atoms with van der Waals surface area (Å²) < 4.78 is 5.71. The van der Waals surface area contributed by atoms with Crippen molar-refractivity contribution in [2.45, 2.75) is 36.9 Å². The summed E-state index contributed by atoms with van der Waals surface area (Å²) in [6, 6.07) is 22.9. The van der Waals surface area contributed by atoms with Crippen LogP contribution in [0.15, 0.2) is 78.9 Å². The van der Waals surface area contributed by atoms with Crippen LogP contribution in [0.4, 0.5) is 5.69 Å². The predicted octanol–water partition coefficient (Wildman–Crippen LogP) is 4.23. The van der Waals surface area contributed by atoms with Gasteiger partial charge in [-0.25, -0.2) is 4.79 Å². The van der Waals surface area contributed by atoms with Crippen molar-refractivity contribution in [1.82, 2.24) is 0 Å². The van der Waals surface area contributed by atoms with Gasteiger partial charge in [0.15, 0.2) is 5.78 Å². The lowest BCUT2D eigenvalue weighted by atomic mass is 9.72. The largest absolute Gasteiger partial charge is 0.451 e. The molecule has 5 rings (SSSR count). The standard InChI is InChI=1S/C27H23NO5/c29-23(18-6-2-1-3-7-18)19-10-12-20(13-11-19)28-25(31)26(32)14-16-27(17-15-26)22-9-5-4-8-21(22)24(30)33-27/h1-13,32H,14-17H2,(H,28,31)/t26-,27-. The zero-order chi connectivity index (χ0) is 23.1. The second-order valence-corrected chi connectivity index (χ2v) is 8.69. The van der Waals surface area contributed by atoms with Gasteiger partial charge in [0.05, 0.1) is 5.56 Å². The number of amides is 1. The van der Waals surface area contributed by atoms with Gasteiger partial charge in [-0.3, -0.25) is 9.59 Å². The summed E-state index contributed by atoms with van der Waals surface area (Å²) in [5, 5.41) is 13.8. The zero-order valence-electron chi connectivity index (χ0n) is 17.9. The maximum atomic E-state index is 12.9. The van der Waals surface area contributed by atoms with Gasteiger partial charge < -0.3 is 15.2 Å². The molecule has 0 bridgehead atoms. The van der Waals surface area contributed by atoms with Crippen molar-refractivity contribution < 1.29 is 24.2 Å². The third kappa shape index (κ3) is 3.72. The quantitative estimate of drug-likeness (QED) is 0.467. The monoisotopic (exact) mass is 441 g/mol. The molecule has 1 aliphatic carbocycles. The van der Waals surface area contributed by atoms with E-state index in [0.717, 1.165) is 5.56 Å². The first kappa shape index (κ1) is 21.1. The number of hydrogen-bond acceptors (Lipinski definition) is 5. The minimum atomic E-state index is -1.56. The van der Waals surface area contributed by atoms with Crippen LogP contribution >= 0.6 is 0 Å². The van der Waals surface area contributed by atoms with Crippen LogP contribution in [0, 0.1) is 0 Å². The number of fused-ring (bicyclic) bond motifs is 2. The van der Waals surface area contributed by atoms with Crippen LogP contribution in [-0.4, -0.2) is 28.4 Å². The smallest absolute Gasteiger partial charge is 0.339 e. The maximum absolute atomic E-state index is 12.9. The van der Waals surface area contributed by atoms with Gasteiger partial charge in [-0.2, -0.15) is 0 Å². The first-order valence-electron chi connectivity index (χ1n) is 11.0. The van der Waals surface area contributed by atoms with Gasteiger partial charge >= 0.3 is 5.97 Å². The van der Waals surface area contributed by atoms with Crippen molar-refractivity contribution in [3.05, 3.63) is 101 Å². The molecule has 1 fully saturated rings. The summed E-state index contributed by atoms with van der Waals surface area (Å²) >= 11 is 0. The summed E-state index contributed by atoms with van der Waals surface area (Å²) in [5.74, 6) is -0.959. The number of aliphatic hydroxyl groups is 1. The first-order valence-corrected chi connectivity index (χ1v) is 11.0. The molecule has 2 aliphatic rings. The molecular formula is C27H23NO5. The highest BCUT2D eigenvalue weighted by Crippen LogP contribution is 2.49. The molecule has 1 heterocycles. The topological polar surface area (TPSA) is 92.7 Å². The zero-order valence-corrected chi connectivity index (χ0v) is 17.9. The fourth-order valence-electron chi connectivity index (χ4n) is 4.72. The van der Waals surface area contributed by atoms with Crippen LogP contribution in [0.25, 0.3) is 0 Å². The Bertz CT molecular complexity index is 1220. The molecule has 3 aromatic carbocycles. The lowest BCUT2D eigenvalue weighted by Crippen LogP contribution is -2.49. The van der Waals surface area contributed by atoms with Crippen LogP contribution in [0.3, 0.4) is 0 Å². The summed E-state index contributed by atoms with van der Waals surface area (Å²) in [6.07, 6.45) is 1.07. The Kier molecular flexibility index (Phi) is 5.10. The Morgan fingerprint density at radius 3 is 2.09 bits per heavy atom. The average Bonchev–Trinajstić information content (AvgIpc) is 3.13. The molecule has 33 heavy (non-hydrogen) atoms. The van der Waals surface area contributed by atoms with E-state index in [1.165, 1.54) is 0 Å². The van der Waals surface area contributed by atoms with Crippen molar-refractivity contribution in [1.29, 1.82) is 0 Å². The van der Waals surface area contributed by atoms with E-state index in [9.17, 15) is 19.5 Å². The van der Waals surface area contributed by atoms with Crippen LogP contribution in [-0.2, 0) is 15.1 Å². The number of ketones is 1. The minimum absolute atomic E-state index is 0.101. The fourth-order valence-corrected chi connectivity index (χ4v) is 4.72. The van der Waals surface area contributed by atoms with E-state index in [4.69, 9.17) is 4.74 Å². The number of nitrogens with one attached hydrogen (secondary N) is 1. The molecule has 1 saturated carbocycles. The number of anilines is 1. The Balaban J connectivity index is 1.26. The number of carbonyl (C=O) groups is 3. The number of ether oxygens (including phenoxy) is 1. The average molecular weight is 441 g/mol. The van der Waals surface area contributed by atoms with Crippen LogP contribution < -0.4 is 5.32 Å². The number of benzene rings is 3. The maximum Gasteiger partial charge on any atom is 0.339 e. The minimum Gasteiger partial charge on any atom is -0.451 e. The van der Waals surface area contributed by atoms with Crippen LogP contribution in [0.5, 0.6) is 0 Å². The molecule has 3 aromatic rings. The van der Waals surface area contributed by atoms with Gasteiger partial charge in [0.2, 0.25) is 0 Å². The Labute approximate surface area is 191 Å². The number of esters is 1. The van der Waals surface area contributed by atoms with Crippen molar-refractivity contribution in [2.75, 3.05) is 5.32 Å². The summed E-state index contributed by atoms with van der Waals surface area (Å²) in [4.78, 5) is 37.7. The Morgan fingerprint density at radius 1 is 0.788 bits per heavy atom. The second kappa shape index (κ2) is 7.98. The molecule has 0 radical (unpaired) electrons. The highest BCUT2D eigenvalue weighted by molar-refractivity contribution is 6.09. The predicted molar refractivity (Wildman–Crippen MR) is 122 cm³/mol. The molecule has 0 saturated heterocycles. The Morgan fingerprint density at radius 2 is 1.39 bits per heavy atom. The normalized spacial score (nSPS) is 23.6. The van der Waals surface area contributed by atoms with E-state index in [2.05, 4.69) is 5.32 Å². The fraction of sp³-hybridized carbons (Fsp3) is 0.222. The SMILES string of the molecule is O=C(c1ccccc1)c1ccc(NC(=O)[C@]2(O)CC[C@@]3(CC2)OC(=O)c2ccccc23)cc1. The molecule has 6 nitrogen and oxygen atoms in total. The summed E-state index contributed by atoms with van der Waals surface area (Å²) in [5.41, 5.74) is 0.644. The number of rotatable bonds is 4. The lowest BCUT2D eigenvalue weighted by Gasteiger charge is -2.40. The van der Waals surface area contributed by atoms with E-state index in [1.54, 1.807) is 48.5 Å². The van der Waals surface area contributed by atoms with Crippen molar-refractivity contribution in [3.8, 4) is 0 Å². The van der Waals surface area contributed by atoms with Crippen LogP contribution in [0.1, 0.15) is 57.5 Å². The summed E-state index contributed by atoms with van der Waals surface area (Å²) in [6.45, 7) is 0. The molecule has 1 aliphatic heterocycles. The molecule has 1 spiro atoms. The lowest BCUT2D eigenvalue weighted by molar-refractivity contribution is -0.144. The molecular weight excluding hydrogens is 418 g/mol. The van der Waals surface area contributed by atoms with E-state index < -0.39 is 17.1 Å². The third-order valence-corrected chi connectivity index (χ3v) is 6.67. The number of hydrogen-bond donors (Lipinski definition) is 2. The van der Waals surface area contributed by atoms with Gasteiger partial charge in [0.1, 0.15) is 11.2 Å². The Hall–Kier alpha value is -3.77. The molecule has 0 aromatic heterocycles. The third-order valence-electron chi connectivity index (χ3n) is 6.67. The van der Waals surface area contributed by atoms with Gasteiger partial charge in [-0.05, 0) is 56.0 Å². The first-order chi connectivity index (χ1) is 15.9. The molecule has 166 valence electrons. The van der Waals surface area contributed by atoms with Crippen molar-refractivity contribution in [2.24, 2.45) is 0 Å².